The molecular weight excluding hydrogens is 142 g/mol. The van der Waals surface area contributed by atoms with Crippen molar-refractivity contribution < 1.29 is 4.79 Å². The number of fused-ring (bicyclic) bond motifs is 1. The molecule has 0 spiro atoms. The Morgan fingerprint density at radius 1 is 1.36 bits per heavy atom. The molecular formula is C8H6NO2-. The lowest BCUT2D eigenvalue weighted by Gasteiger charge is -2.22. The summed E-state index contributed by atoms with van der Waals surface area (Å²) in [5, 5.41) is 11.4. The number of amides is 1. The smallest absolute Gasteiger partial charge is 0.220 e. The highest BCUT2D eigenvalue weighted by atomic mass is 16.5. The van der Waals surface area contributed by atoms with Gasteiger partial charge in [-0.05, 0) is 11.6 Å². The Kier molecular flexibility index (Phi) is 1.20. The first-order valence-electron chi connectivity index (χ1n) is 3.37. The maximum Gasteiger partial charge on any atom is 0.220 e. The second-order valence-electron chi connectivity index (χ2n) is 2.49. The number of hydrogen-bond donors (Lipinski definition) is 0. The zero-order valence-electron chi connectivity index (χ0n) is 5.78. The number of para-hydroxylation sites is 1. The van der Waals surface area contributed by atoms with Gasteiger partial charge in [-0.15, -0.1) is 0 Å². The van der Waals surface area contributed by atoms with Crippen molar-refractivity contribution in [3.63, 3.8) is 0 Å². The minimum absolute atomic E-state index is 0.250. The molecule has 11 heavy (non-hydrogen) atoms. The van der Waals surface area contributed by atoms with Gasteiger partial charge in [-0.2, -0.15) is 0 Å². The van der Waals surface area contributed by atoms with E-state index in [4.69, 9.17) is 0 Å². The van der Waals surface area contributed by atoms with Crippen LogP contribution in [0.3, 0.4) is 0 Å². The number of benzene rings is 1. The van der Waals surface area contributed by atoms with E-state index in [2.05, 4.69) is 0 Å². The summed E-state index contributed by atoms with van der Waals surface area (Å²) in [6, 6.07) is 7.03. The van der Waals surface area contributed by atoms with Crippen LogP contribution in [0.2, 0.25) is 0 Å². The Balaban J connectivity index is 2.55. The summed E-state index contributed by atoms with van der Waals surface area (Å²) in [7, 11) is 0. The van der Waals surface area contributed by atoms with Crippen LogP contribution < -0.4 is 5.06 Å². The van der Waals surface area contributed by atoms with Gasteiger partial charge in [-0.25, -0.2) is 0 Å². The van der Waals surface area contributed by atoms with E-state index in [9.17, 15) is 10.0 Å². The van der Waals surface area contributed by atoms with Crippen molar-refractivity contribution in [2.75, 3.05) is 5.06 Å². The van der Waals surface area contributed by atoms with E-state index in [0.29, 0.717) is 10.8 Å². The fourth-order valence-corrected chi connectivity index (χ4v) is 1.23. The molecule has 1 aromatic carbocycles. The van der Waals surface area contributed by atoms with Gasteiger partial charge < -0.3 is 10.3 Å². The standard InChI is InChI=1S/C8H6NO2/c10-8-5-6-3-1-2-4-7(6)9(8)11/h1-4H,5H2/q-1. The van der Waals surface area contributed by atoms with Gasteiger partial charge >= 0.3 is 0 Å². The Hall–Kier alpha value is -1.35. The van der Waals surface area contributed by atoms with Crippen LogP contribution in [-0.2, 0) is 11.2 Å². The first-order valence-corrected chi connectivity index (χ1v) is 3.37. The van der Waals surface area contributed by atoms with E-state index in [1.165, 1.54) is 0 Å². The highest BCUT2D eigenvalue weighted by molar-refractivity contribution is 6.01. The van der Waals surface area contributed by atoms with E-state index in [-0.39, 0.29) is 12.3 Å². The SMILES string of the molecule is O=C1Cc2ccccc2N1[O-]. The molecule has 0 atom stereocenters. The minimum Gasteiger partial charge on any atom is -0.752 e. The van der Waals surface area contributed by atoms with Crippen LogP contribution >= 0.6 is 0 Å². The lowest BCUT2D eigenvalue weighted by molar-refractivity contribution is -0.116. The van der Waals surface area contributed by atoms with Crippen LogP contribution in [0.15, 0.2) is 24.3 Å². The van der Waals surface area contributed by atoms with Gasteiger partial charge in [0.1, 0.15) is 0 Å². The largest absolute Gasteiger partial charge is 0.752 e. The van der Waals surface area contributed by atoms with Gasteiger partial charge in [0.25, 0.3) is 0 Å². The summed E-state index contributed by atoms with van der Waals surface area (Å²) in [5.74, 6) is -0.369. The molecule has 0 aliphatic carbocycles. The first-order chi connectivity index (χ1) is 5.29. The second-order valence-corrected chi connectivity index (χ2v) is 2.49. The average Bonchev–Trinajstić information content (AvgIpc) is 2.30. The summed E-state index contributed by atoms with van der Waals surface area (Å²) in [6.07, 6.45) is 0.250. The van der Waals surface area contributed by atoms with Crippen molar-refractivity contribution in [2.24, 2.45) is 0 Å². The predicted octanol–water partition coefficient (Wildman–Crippen LogP) is 1.07. The highest BCUT2D eigenvalue weighted by Crippen LogP contribution is 2.26. The first kappa shape index (κ1) is 6.37. The number of carbonyl (C=O) groups excluding carboxylic acids is 1. The number of rotatable bonds is 0. The lowest BCUT2D eigenvalue weighted by atomic mass is 10.2. The van der Waals surface area contributed by atoms with Gasteiger partial charge in [-0.3, -0.25) is 4.79 Å². The van der Waals surface area contributed by atoms with E-state index in [0.717, 1.165) is 5.56 Å². The van der Waals surface area contributed by atoms with Crippen molar-refractivity contribution in [3.05, 3.63) is 35.0 Å². The van der Waals surface area contributed by atoms with Crippen molar-refractivity contribution in [1.82, 2.24) is 0 Å². The second kappa shape index (κ2) is 2.07. The molecule has 1 aromatic rings. The van der Waals surface area contributed by atoms with E-state index >= 15 is 0 Å². The summed E-state index contributed by atoms with van der Waals surface area (Å²) >= 11 is 0. The molecule has 0 radical (unpaired) electrons. The molecule has 2 rings (SSSR count). The minimum atomic E-state index is -0.369. The molecule has 3 heteroatoms. The third-order valence-electron chi connectivity index (χ3n) is 1.78. The van der Waals surface area contributed by atoms with Crippen molar-refractivity contribution >= 4 is 11.6 Å². The van der Waals surface area contributed by atoms with Gasteiger partial charge in [0.15, 0.2) is 0 Å². The molecule has 1 aliphatic heterocycles. The molecule has 1 aliphatic rings. The predicted molar refractivity (Wildman–Crippen MR) is 41.0 cm³/mol. The summed E-state index contributed by atoms with van der Waals surface area (Å²) < 4.78 is 0. The van der Waals surface area contributed by atoms with Gasteiger partial charge in [0.2, 0.25) is 5.91 Å². The van der Waals surface area contributed by atoms with Crippen LogP contribution in [-0.4, -0.2) is 5.91 Å². The normalized spacial score (nSPS) is 15.4. The third kappa shape index (κ3) is 0.816. The molecule has 1 amide bonds. The molecule has 56 valence electrons. The molecule has 0 bridgehead atoms. The van der Waals surface area contributed by atoms with Crippen molar-refractivity contribution in [3.8, 4) is 0 Å². The summed E-state index contributed by atoms with van der Waals surface area (Å²) in [5.41, 5.74) is 1.32. The van der Waals surface area contributed by atoms with Gasteiger partial charge in [0, 0.05) is 5.69 Å². The fourth-order valence-electron chi connectivity index (χ4n) is 1.23. The quantitative estimate of drug-likeness (QED) is 0.552. The van der Waals surface area contributed by atoms with Crippen LogP contribution in [0.1, 0.15) is 5.56 Å². The molecule has 3 nitrogen and oxygen atoms in total. The van der Waals surface area contributed by atoms with E-state index in [1.54, 1.807) is 18.2 Å². The van der Waals surface area contributed by atoms with E-state index < -0.39 is 0 Å². The lowest BCUT2D eigenvalue weighted by Crippen LogP contribution is -2.18. The number of hydroxylamine groups is 1. The molecule has 0 fully saturated rings. The molecule has 0 aromatic heterocycles. The molecule has 0 unspecified atom stereocenters. The number of anilines is 1. The maximum absolute atomic E-state index is 11.0. The van der Waals surface area contributed by atoms with Crippen LogP contribution in [0.4, 0.5) is 5.69 Å². The summed E-state index contributed by atoms with van der Waals surface area (Å²) in [4.78, 5) is 10.8. The zero-order chi connectivity index (χ0) is 7.84. The topological polar surface area (TPSA) is 43.4 Å². The maximum atomic E-state index is 11.0. The van der Waals surface area contributed by atoms with Crippen LogP contribution in [0.25, 0.3) is 0 Å². The Bertz CT molecular complexity index is 309. The molecule has 0 saturated carbocycles. The zero-order valence-corrected chi connectivity index (χ0v) is 5.78. The van der Waals surface area contributed by atoms with Crippen molar-refractivity contribution in [2.45, 2.75) is 6.42 Å². The number of hydrogen-bond acceptors (Lipinski definition) is 2. The van der Waals surface area contributed by atoms with E-state index in [1.807, 2.05) is 6.07 Å². The van der Waals surface area contributed by atoms with Crippen molar-refractivity contribution in [1.29, 1.82) is 0 Å². The molecule has 1 heterocycles. The Morgan fingerprint density at radius 2 is 2.09 bits per heavy atom. The van der Waals surface area contributed by atoms with Gasteiger partial charge in [0.05, 0.1) is 6.42 Å². The fraction of sp³-hybridized carbons (Fsp3) is 0.125. The monoisotopic (exact) mass is 148 g/mol. The third-order valence-corrected chi connectivity index (χ3v) is 1.78. The molecule has 0 N–H and O–H groups in total. The highest BCUT2D eigenvalue weighted by Gasteiger charge is 2.18. The Labute approximate surface area is 63.8 Å². The van der Waals surface area contributed by atoms with Crippen LogP contribution in [0, 0.1) is 5.21 Å². The van der Waals surface area contributed by atoms with Gasteiger partial charge in [-0.1, -0.05) is 18.2 Å². The molecule has 0 saturated heterocycles. The summed E-state index contributed by atoms with van der Waals surface area (Å²) in [6.45, 7) is 0. The van der Waals surface area contributed by atoms with Crippen LogP contribution in [0.5, 0.6) is 0 Å². The Morgan fingerprint density at radius 3 is 2.82 bits per heavy atom. The number of nitrogens with zero attached hydrogens (tertiary/aromatic N) is 1. The number of carbonyl (C=O) groups is 1. The average molecular weight is 148 g/mol.